The molecule has 0 saturated carbocycles. The van der Waals surface area contributed by atoms with Crippen LogP contribution in [0.1, 0.15) is 57.7 Å². The highest BCUT2D eigenvalue weighted by Crippen LogP contribution is 2.32. The fraction of sp³-hybridized carbons (Fsp3) is 0.440. The van der Waals surface area contributed by atoms with Crippen LogP contribution >= 0.6 is 0 Å². The van der Waals surface area contributed by atoms with E-state index in [-0.39, 0.29) is 23.4 Å². The second kappa shape index (κ2) is 8.64. The molecule has 3 aliphatic rings. The molecule has 3 heterocycles. The quantitative estimate of drug-likeness (QED) is 0.774. The Balaban J connectivity index is 1.35. The van der Waals surface area contributed by atoms with Gasteiger partial charge >= 0.3 is 0 Å². The number of fused-ring (bicyclic) bond motifs is 2. The Labute approximate surface area is 187 Å². The molecule has 168 valence electrons. The molecule has 5 rings (SSSR count). The smallest absolute Gasteiger partial charge is 0.265 e. The van der Waals surface area contributed by atoms with E-state index in [1.54, 1.807) is 18.2 Å². The van der Waals surface area contributed by atoms with E-state index >= 15 is 0 Å². The van der Waals surface area contributed by atoms with Crippen LogP contribution in [-0.4, -0.2) is 53.8 Å². The number of carbonyl (C=O) groups is 2. The standard InChI is InChI=1S/C25H29FN4O2/c1-2-29-11-5-6-17-14-30(15-23(17)29)25(32)20-12-16(9-10-21(20)26)13-22-18-7-3-4-8-19(18)24(31)28-27-22/h3-4,7-10,12,17,22-23,27H,2,5-6,11,13-15H2,1H3,(H,28,31). The summed E-state index contributed by atoms with van der Waals surface area (Å²) in [6.45, 7) is 5.60. The number of amides is 2. The first kappa shape index (κ1) is 21.1. The molecule has 2 N–H and O–H groups in total. The van der Waals surface area contributed by atoms with Crippen molar-refractivity contribution in [3.05, 3.63) is 70.5 Å². The lowest BCUT2D eigenvalue weighted by Gasteiger charge is -2.35. The van der Waals surface area contributed by atoms with Crippen molar-refractivity contribution in [2.24, 2.45) is 5.92 Å². The maximum Gasteiger partial charge on any atom is 0.265 e. The van der Waals surface area contributed by atoms with Gasteiger partial charge < -0.3 is 4.90 Å². The lowest BCUT2D eigenvalue weighted by Crippen LogP contribution is -2.46. The van der Waals surface area contributed by atoms with Crippen LogP contribution in [-0.2, 0) is 6.42 Å². The minimum absolute atomic E-state index is 0.136. The summed E-state index contributed by atoms with van der Waals surface area (Å²) in [6.07, 6.45) is 2.83. The van der Waals surface area contributed by atoms with Gasteiger partial charge in [-0.25, -0.2) is 9.82 Å². The summed E-state index contributed by atoms with van der Waals surface area (Å²) in [6, 6.07) is 12.5. The number of likely N-dealkylation sites (tertiary alicyclic amines) is 2. The van der Waals surface area contributed by atoms with Gasteiger partial charge in [-0.1, -0.05) is 31.2 Å². The van der Waals surface area contributed by atoms with E-state index in [9.17, 15) is 14.0 Å². The minimum atomic E-state index is -0.480. The zero-order valence-electron chi connectivity index (χ0n) is 18.3. The SMILES string of the molecule is CCN1CCCC2CN(C(=O)c3cc(CC4NNC(=O)c5ccccc54)ccc3F)CC21. The Bertz CT molecular complexity index is 1040. The number of carbonyl (C=O) groups excluding carboxylic acids is 2. The van der Waals surface area contributed by atoms with Crippen LogP contribution in [0.4, 0.5) is 4.39 Å². The highest BCUT2D eigenvalue weighted by molar-refractivity contribution is 5.96. The number of likely N-dealkylation sites (N-methyl/N-ethyl adjacent to an activating group) is 1. The normalized spacial score (nSPS) is 25.2. The second-order valence-corrected chi connectivity index (χ2v) is 9.07. The average Bonchev–Trinajstić information content (AvgIpc) is 3.26. The lowest BCUT2D eigenvalue weighted by atomic mass is 9.92. The Kier molecular flexibility index (Phi) is 5.69. The van der Waals surface area contributed by atoms with E-state index in [1.165, 1.54) is 6.07 Å². The Hall–Kier alpha value is -2.77. The Morgan fingerprint density at radius 2 is 2.03 bits per heavy atom. The Morgan fingerprint density at radius 3 is 2.88 bits per heavy atom. The van der Waals surface area contributed by atoms with Crippen LogP contribution in [0.3, 0.4) is 0 Å². The summed E-state index contributed by atoms with van der Waals surface area (Å²) in [5.74, 6) is -0.389. The average molecular weight is 437 g/mol. The van der Waals surface area contributed by atoms with E-state index in [1.807, 2.05) is 23.1 Å². The molecule has 3 unspecified atom stereocenters. The van der Waals surface area contributed by atoms with Crippen LogP contribution in [0.2, 0.25) is 0 Å². The molecule has 6 nitrogen and oxygen atoms in total. The highest BCUT2D eigenvalue weighted by atomic mass is 19.1. The molecule has 0 spiro atoms. The van der Waals surface area contributed by atoms with Crippen LogP contribution in [0.5, 0.6) is 0 Å². The minimum Gasteiger partial charge on any atom is -0.337 e. The number of nitrogens with one attached hydrogen (secondary N) is 2. The molecule has 32 heavy (non-hydrogen) atoms. The summed E-state index contributed by atoms with van der Waals surface area (Å²) in [5, 5.41) is 0. The number of nitrogens with zero attached hydrogens (tertiary/aromatic N) is 2. The molecule has 0 aliphatic carbocycles. The third-order valence-electron chi connectivity index (χ3n) is 7.23. The number of benzene rings is 2. The van der Waals surface area contributed by atoms with Gasteiger partial charge in [-0.2, -0.15) is 0 Å². The third kappa shape index (κ3) is 3.80. The number of rotatable bonds is 4. The molecule has 7 heteroatoms. The first-order valence-electron chi connectivity index (χ1n) is 11.5. The van der Waals surface area contributed by atoms with Crippen molar-refractivity contribution >= 4 is 11.8 Å². The van der Waals surface area contributed by atoms with Crippen molar-refractivity contribution < 1.29 is 14.0 Å². The predicted octanol–water partition coefficient (Wildman–Crippen LogP) is 2.91. The van der Waals surface area contributed by atoms with Gasteiger partial charge in [0, 0.05) is 24.7 Å². The van der Waals surface area contributed by atoms with E-state index in [4.69, 9.17) is 0 Å². The molecule has 2 aromatic rings. The van der Waals surface area contributed by atoms with Crippen LogP contribution in [0.15, 0.2) is 42.5 Å². The number of hydrogen-bond donors (Lipinski definition) is 2. The number of halogens is 1. The van der Waals surface area contributed by atoms with Gasteiger partial charge in [0.25, 0.3) is 11.8 Å². The van der Waals surface area contributed by atoms with Crippen LogP contribution < -0.4 is 10.9 Å². The van der Waals surface area contributed by atoms with Gasteiger partial charge in [0.15, 0.2) is 0 Å². The van der Waals surface area contributed by atoms with Gasteiger partial charge in [-0.3, -0.25) is 19.9 Å². The number of piperidine rings is 1. The van der Waals surface area contributed by atoms with E-state index in [0.29, 0.717) is 37.0 Å². The maximum atomic E-state index is 14.7. The van der Waals surface area contributed by atoms with E-state index in [2.05, 4.69) is 22.7 Å². The van der Waals surface area contributed by atoms with Crippen molar-refractivity contribution in [1.29, 1.82) is 0 Å². The largest absolute Gasteiger partial charge is 0.337 e. The second-order valence-electron chi connectivity index (χ2n) is 9.07. The third-order valence-corrected chi connectivity index (χ3v) is 7.23. The van der Waals surface area contributed by atoms with E-state index < -0.39 is 5.82 Å². The Morgan fingerprint density at radius 1 is 1.19 bits per heavy atom. The highest BCUT2D eigenvalue weighted by Gasteiger charge is 2.40. The molecule has 0 aromatic heterocycles. The summed E-state index contributed by atoms with van der Waals surface area (Å²) >= 11 is 0. The van der Waals surface area contributed by atoms with Crippen LogP contribution in [0, 0.1) is 11.7 Å². The fourth-order valence-corrected chi connectivity index (χ4v) is 5.57. The summed E-state index contributed by atoms with van der Waals surface area (Å²) in [4.78, 5) is 29.7. The molecule has 2 saturated heterocycles. The molecular weight excluding hydrogens is 407 g/mol. The summed E-state index contributed by atoms with van der Waals surface area (Å²) in [7, 11) is 0. The van der Waals surface area contributed by atoms with Crippen molar-refractivity contribution in [3.63, 3.8) is 0 Å². The molecule has 3 atom stereocenters. The molecular formula is C25H29FN4O2. The summed E-state index contributed by atoms with van der Waals surface area (Å²) < 4.78 is 14.7. The number of hydrogen-bond acceptors (Lipinski definition) is 4. The molecule has 0 bridgehead atoms. The first-order chi connectivity index (χ1) is 15.5. The molecule has 2 fully saturated rings. The fourth-order valence-electron chi connectivity index (χ4n) is 5.57. The van der Waals surface area contributed by atoms with Gasteiger partial charge in [0.2, 0.25) is 0 Å². The zero-order chi connectivity index (χ0) is 22.2. The van der Waals surface area contributed by atoms with Crippen molar-refractivity contribution in [2.75, 3.05) is 26.2 Å². The van der Waals surface area contributed by atoms with E-state index in [0.717, 1.165) is 37.1 Å². The predicted molar refractivity (Wildman–Crippen MR) is 120 cm³/mol. The topological polar surface area (TPSA) is 64.7 Å². The zero-order valence-corrected chi connectivity index (χ0v) is 18.3. The van der Waals surface area contributed by atoms with Gasteiger partial charge in [0.05, 0.1) is 11.6 Å². The van der Waals surface area contributed by atoms with Gasteiger partial charge in [-0.15, -0.1) is 0 Å². The van der Waals surface area contributed by atoms with Gasteiger partial charge in [0.1, 0.15) is 5.82 Å². The van der Waals surface area contributed by atoms with Crippen molar-refractivity contribution in [1.82, 2.24) is 20.7 Å². The molecule has 2 amide bonds. The van der Waals surface area contributed by atoms with Crippen molar-refractivity contribution in [2.45, 2.75) is 38.3 Å². The maximum absolute atomic E-state index is 14.7. The molecule has 2 aromatic carbocycles. The number of hydrazine groups is 1. The first-order valence-corrected chi connectivity index (χ1v) is 11.5. The van der Waals surface area contributed by atoms with Crippen molar-refractivity contribution in [3.8, 4) is 0 Å². The molecule has 0 radical (unpaired) electrons. The summed E-state index contributed by atoms with van der Waals surface area (Å²) in [5.41, 5.74) is 8.26. The van der Waals surface area contributed by atoms with Gasteiger partial charge in [-0.05, 0) is 67.6 Å². The molecule has 3 aliphatic heterocycles. The monoisotopic (exact) mass is 436 g/mol. The van der Waals surface area contributed by atoms with Crippen LogP contribution in [0.25, 0.3) is 0 Å². The lowest BCUT2D eigenvalue weighted by molar-refractivity contribution is 0.0772.